The summed E-state index contributed by atoms with van der Waals surface area (Å²) in [7, 11) is 0. The van der Waals surface area contributed by atoms with E-state index in [9.17, 15) is 10.1 Å². The average Bonchev–Trinajstić information content (AvgIpc) is 2.74. The number of aromatic nitrogens is 1. The predicted octanol–water partition coefficient (Wildman–Crippen LogP) is 3.50. The van der Waals surface area contributed by atoms with Crippen LogP contribution in [0.15, 0.2) is 36.5 Å². The van der Waals surface area contributed by atoms with Crippen molar-refractivity contribution >= 4 is 5.82 Å². The van der Waals surface area contributed by atoms with E-state index in [1.54, 1.807) is 0 Å². The van der Waals surface area contributed by atoms with Gasteiger partial charge in [0.05, 0.1) is 0 Å². The van der Waals surface area contributed by atoms with Crippen molar-refractivity contribution in [3.63, 3.8) is 0 Å². The summed E-state index contributed by atoms with van der Waals surface area (Å²) in [4.78, 5) is 13.8. The molecule has 2 heterocycles. The molecule has 6 nitrogen and oxygen atoms in total. The zero-order chi connectivity index (χ0) is 15.0. The molecule has 0 amide bonds. The third-order valence-corrected chi connectivity index (χ3v) is 3.19. The Balaban J connectivity index is 1.87. The van der Waals surface area contributed by atoms with Crippen molar-refractivity contribution in [2.75, 3.05) is 0 Å². The minimum absolute atomic E-state index is 0.210. The molecule has 0 unspecified atom stereocenters. The number of nitrogens with zero attached hydrogens (tertiary/aromatic N) is 2. The Labute approximate surface area is 121 Å². The van der Waals surface area contributed by atoms with Gasteiger partial charge in [0.15, 0.2) is 23.4 Å². The standard InChI is InChI=1S/C15H14N2O4/c1-15(2)8-10-4-3-5-12(14(10)21-15)20-11-6-7-13(16-9-11)17(18)19/h3-7,9H,8H2,1-2H3. The highest BCUT2D eigenvalue weighted by Crippen LogP contribution is 2.43. The molecule has 0 spiro atoms. The molecule has 0 aliphatic carbocycles. The summed E-state index contributed by atoms with van der Waals surface area (Å²) in [5.41, 5.74) is 0.836. The van der Waals surface area contributed by atoms with E-state index < -0.39 is 4.92 Å². The van der Waals surface area contributed by atoms with Gasteiger partial charge < -0.3 is 19.6 Å². The summed E-state index contributed by atoms with van der Waals surface area (Å²) in [6.07, 6.45) is 2.15. The average molecular weight is 286 g/mol. The Morgan fingerprint density at radius 3 is 2.81 bits per heavy atom. The highest BCUT2D eigenvalue weighted by molar-refractivity contribution is 5.51. The molecule has 0 bridgehead atoms. The molecule has 1 aliphatic heterocycles. The molecule has 0 atom stereocenters. The van der Waals surface area contributed by atoms with E-state index in [4.69, 9.17) is 9.47 Å². The van der Waals surface area contributed by atoms with Crippen LogP contribution in [0.25, 0.3) is 0 Å². The number of rotatable bonds is 3. The van der Waals surface area contributed by atoms with E-state index >= 15 is 0 Å². The van der Waals surface area contributed by atoms with Crippen LogP contribution >= 0.6 is 0 Å². The Bertz CT molecular complexity index is 695. The Hall–Kier alpha value is -2.63. The number of nitro groups is 1. The first-order valence-electron chi connectivity index (χ1n) is 6.54. The minimum atomic E-state index is -0.546. The number of pyridine rings is 1. The third kappa shape index (κ3) is 2.65. The van der Waals surface area contributed by atoms with Gasteiger partial charge in [0, 0.05) is 18.1 Å². The maximum Gasteiger partial charge on any atom is 0.363 e. The molecule has 0 saturated heterocycles. The van der Waals surface area contributed by atoms with E-state index in [2.05, 4.69) is 4.98 Å². The monoisotopic (exact) mass is 286 g/mol. The van der Waals surface area contributed by atoms with Crippen molar-refractivity contribution in [1.82, 2.24) is 4.98 Å². The van der Waals surface area contributed by atoms with Crippen LogP contribution in [0.4, 0.5) is 5.82 Å². The van der Waals surface area contributed by atoms with Crippen molar-refractivity contribution in [1.29, 1.82) is 0 Å². The summed E-state index contributed by atoms with van der Waals surface area (Å²) in [5.74, 6) is 1.54. The van der Waals surface area contributed by atoms with Crippen LogP contribution < -0.4 is 9.47 Å². The van der Waals surface area contributed by atoms with Crippen LogP contribution in [0.3, 0.4) is 0 Å². The number of fused-ring (bicyclic) bond motifs is 1. The summed E-state index contributed by atoms with van der Waals surface area (Å²) in [5, 5.41) is 10.6. The number of ether oxygens (including phenoxy) is 2. The summed E-state index contributed by atoms with van der Waals surface area (Å²) in [6, 6.07) is 8.54. The number of para-hydroxylation sites is 1. The van der Waals surface area contributed by atoms with Gasteiger partial charge in [-0.2, -0.15) is 0 Å². The molecular formula is C15H14N2O4. The topological polar surface area (TPSA) is 74.5 Å². The summed E-state index contributed by atoms with van der Waals surface area (Å²) >= 11 is 0. The van der Waals surface area contributed by atoms with Crippen molar-refractivity contribution in [2.45, 2.75) is 25.9 Å². The zero-order valence-electron chi connectivity index (χ0n) is 11.7. The fourth-order valence-electron chi connectivity index (χ4n) is 2.34. The normalized spacial score (nSPS) is 15.1. The number of hydrogen-bond donors (Lipinski definition) is 0. The quantitative estimate of drug-likeness (QED) is 0.637. The second-order valence-corrected chi connectivity index (χ2v) is 5.49. The van der Waals surface area contributed by atoms with Crippen molar-refractivity contribution in [2.24, 2.45) is 0 Å². The molecule has 1 aliphatic rings. The maximum absolute atomic E-state index is 10.6. The lowest BCUT2D eigenvalue weighted by molar-refractivity contribution is -0.389. The van der Waals surface area contributed by atoms with Crippen LogP contribution in [-0.4, -0.2) is 15.5 Å². The molecule has 1 aromatic heterocycles. The highest BCUT2D eigenvalue weighted by Gasteiger charge is 2.32. The molecule has 108 valence electrons. The number of benzene rings is 1. The van der Waals surface area contributed by atoms with Crippen LogP contribution in [0, 0.1) is 10.1 Å². The lowest BCUT2D eigenvalue weighted by Gasteiger charge is -2.18. The maximum atomic E-state index is 10.6. The van der Waals surface area contributed by atoms with Gasteiger partial charge in [-0.3, -0.25) is 0 Å². The fourth-order valence-corrected chi connectivity index (χ4v) is 2.34. The molecule has 2 aromatic rings. The first-order chi connectivity index (χ1) is 9.94. The third-order valence-electron chi connectivity index (χ3n) is 3.19. The Morgan fingerprint density at radius 2 is 2.14 bits per heavy atom. The molecule has 0 radical (unpaired) electrons. The largest absolute Gasteiger partial charge is 0.483 e. The predicted molar refractivity (Wildman–Crippen MR) is 75.8 cm³/mol. The van der Waals surface area contributed by atoms with Gasteiger partial charge in [-0.15, -0.1) is 0 Å². The van der Waals surface area contributed by atoms with Gasteiger partial charge in [-0.1, -0.05) is 12.1 Å². The van der Waals surface area contributed by atoms with Crippen molar-refractivity contribution < 1.29 is 14.4 Å². The van der Waals surface area contributed by atoms with E-state index in [-0.39, 0.29) is 11.4 Å². The molecular weight excluding hydrogens is 272 g/mol. The highest BCUT2D eigenvalue weighted by atomic mass is 16.6. The fraction of sp³-hybridized carbons (Fsp3) is 0.267. The zero-order valence-corrected chi connectivity index (χ0v) is 11.7. The molecule has 21 heavy (non-hydrogen) atoms. The van der Waals surface area contributed by atoms with Gasteiger partial charge in [0.1, 0.15) is 5.60 Å². The van der Waals surface area contributed by atoms with Gasteiger partial charge >= 0.3 is 5.82 Å². The SMILES string of the molecule is CC1(C)Cc2cccc(Oc3ccc([N+](=O)[O-])nc3)c2O1. The first-order valence-corrected chi connectivity index (χ1v) is 6.54. The van der Waals surface area contributed by atoms with E-state index in [0.29, 0.717) is 11.5 Å². The van der Waals surface area contributed by atoms with Crippen molar-refractivity contribution in [3.8, 4) is 17.2 Å². The van der Waals surface area contributed by atoms with Gasteiger partial charge in [0.2, 0.25) is 0 Å². The summed E-state index contributed by atoms with van der Waals surface area (Å²) < 4.78 is 11.6. The minimum Gasteiger partial charge on any atom is -0.483 e. The Kier molecular flexibility index (Phi) is 3.01. The van der Waals surface area contributed by atoms with E-state index in [0.717, 1.165) is 17.7 Å². The molecule has 1 aromatic carbocycles. The molecule has 3 rings (SSSR count). The van der Waals surface area contributed by atoms with Crippen molar-refractivity contribution in [3.05, 3.63) is 52.2 Å². The lowest BCUT2D eigenvalue weighted by atomic mass is 10.0. The lowest BCUT2D eigenvalue weighted by Crippen LogP contribution is -2.24. The van der Waals surface area contributed by atoms with Gasteiger partial charge in [-0.05, 0) is 35.9 Å². The van der Waals surface area contributed by atoms with Crippen LogP contribution in [0.1, 0.15) is 19.4 Å². The second-order valence-electron chi connectivity index (χ2n) is 5.49. The van der Waals surface area contributed by atoms with Gasteiger partial charge in [0.25, 0.3) is 0 Å². The van der Waals surface area contributed by atoms with Gasteiger partial charge in [-0.25, -0.2) is 0 Å². The van der Waals surface area contributed by atoms with Crippen LogP contribution in [0.2, 0.25) is 0 Å². The van der Waals surface area contributed by atoms with Crippen LogP contribution in [0.5, 0.6) is 17.2 Å². The van der Waals surface area contributed by atoms with E-state index in [1.165, 1.54) is 18.3 Å². The molecule has 0 saturated carbocycles. The number of hydrogen-bond acceptors (Lipinski definition) is 5. The summed E-state index contributed by atoms with van der Waals surface area (Å²) in [6.45, 7) is 4.04. The molecule has 0 fully saturated rings. The smallest absolute Gasteiger partial charge is 0.363 e. The van der Waals surface area contributed by atoms with E-state index in [1.807, 2.05) is 32.0 Å². The first kappa shape index (κ1) is 13.4. The Morgan fingerprint density at radius 1 is 1.33 bits per heavy atom. The molecule has 6 heteroatoms. The molecule has 0 N–H and O–H groups in total. The van der Waals surface area contributed by atoms with Crippen LogP contribution in [-0.2, 0) is 6.42 Å². The second kappa shape index (κ2) is 4.73.